The van der Waals surface area contributed by atoms with Crippen molar-refractivity contribution in [2.45, 2.75) is 210 Å². The molecule has 0 aromatic heterocycles. The molecule has 314 valence electrons. The second kappa shape index (κ2) is 30.7. The van der Waals surface area contributed by atoms with Crippen LogP contribution >= 0.6 is 0 Å². The van der Waals surface area contributed by atoms with E-state index in [1.54, 1.807) is 0 Å². The molecule has 1 amide bonds. The van der Waals surface area contributed by atoms with Crippen LogP contribution < -0.4 is 0 Å². The summed E-state index contributed by atoms with van der Waals surface area (Å²) in [6.07, 6.45) is 7.37. The number of hydrogen-bond acceptors (Lipinski definition) is 12. The first-order valence-electron chi connectivity index (χ1n) is 20.6. The number of nitrogens with zero attached hydrogens (tertiary/aromatic N) is 1. The molecule has 0 saturated carbocycles. The highest BCUT2D eigenvalue weighted by molar-refractivity contribution is 5.76. The second-order valence-corrected chi connectivity index (χ2v) is 14.9. The molecule has 0 aromatic carbocycles. The summed E-state index contributed by atoms with van der Waals surface area (Å²) in [7, 11) is 0. The van der Waals surface area contributed by atoms with Gasteiger partial charge in [-0.15, -0.1) is 0 Å². The van der Waals surface area contributed by atoms with Gasteiger partial charge in [0.25, 0.3) is 0 Å². The molecule has 0 spiro atoms. The maximum atomic E-state index is 13.4. The average Bonchev–Trinajstić information content (AvgIpc) is 3.14. The normalized spacial score (nSPS) is 22.7. The van der Waals surface area contributed by atoms with E-state index >= 15 is 0 Å². The summed E-state index contributed by atoms with van der Waals surface area (Å²) in [5.41, 5.74) is 0. The number of aliphatic hydroxyl groups excluding tert-OH is 8. The summed E-state index contributed by atoms with van der Waals surface area (Å²) < 4.78 is 10.9. The average molecular weight is 766 g/mol. The summed E-state index contributed by atoms with van der Waals surface area (Å²) >= 11 is 0. The Kier molecular flexibility index (Phi) is 28.7. The van der Waals surface area contributed by atoms with Crippen LogP contribution in [0.1, 0.15) is 155 Å². The maximum absolute atomic E-state index is 13.4. The number of rotatable bonds is 34. The number of carbonyl (C=O) groups is 2. The fourth-order valence-corrected chi connectivity index (χ4v) is 6.80. The number of aliphatic carboxylic acids is 1. The van der Waals surface area contributed by atoms with Gasteiger partial charge in [-0.05, 0) is 19.3 Å². The van der Waals surface area contributed by atoms with Crippen LogP contribution in [-0.2, 0) is 19.1 Å². The molecule has 1 saturated heterocycles. The summed E-state index contributed by atoms with van der Waals surface area (Å²) in [5.74, 6) is -0.955. The van der Waals surface area contributed by atoms with E-state index in [0.29, 0.717) is 25.8 Å². The molecule has 1 aliphatic heterocycles. The van der Waals surface area contributed by atoms with Gasteiger partial charge >= 0.3 is 5.97 Å². The van der Waals surface area contributed by atoms with Crippen LogP contribution in [-0.4, -0.2) is 144 Å². The van der Waals surface area contributed by atoms with Crippen molar-refractivity contribution in [1.82, 2.24) is 4.90 Å². The van der Waals surface area contributed by atoms with Gasteiger partial charge in [0.2, 0.25) is 5.91 Å². The van der Waals surface area contributed by atoms with Crippen molar-refractivity contribution >= 4 is 11.9 Å². The van der Waals surface area contributed by atoms with Crippen molar-refractivity contribution < 1.29 is 65.0 Å². The van der Waals surface area contributed by atoms with Gasteiger partial charge < -0.3 is 60.3 Å². The number of carboxylic acid groups (broad SMARTS) is 1. The molecule has 1 fully saturated rings. The van der Waals surface area contributed by atoms with Crippen LogP contribution in [0.2, 0.25) is 0 Å². The zero-order chi connectivity index (χ0) is 39.4. The van der Waals surface area contributed by atoms with E-state index in [0.717, 1.165) is 57.8 Å². The van der Waals surface area contributed by atoms with Crippen LogP contribution in [0.15, 0.2) is 0 Å². The molecule has 1 heterocycles. The standard InChI is InChI=1S/C39H75NO13/c1-2-3-4-5-6-7-8-9-10-11-14-17-20-23-32(45)40(25-22-19-16-13-12-15-18-21-24-33(46)47)26-29(43)34(48)38(30(44)27-41)53-39-37(51)36(50)35(49)31(28-42)52-39/h29-31,34-39,41-44,48-51H,2-28H2,1H3,(H,46,47)/t29-,30+,31+,34+,35-,36-,37+,38+,39-/m0/s1. The van der Waals surface area contributed by atoms with Crippen molar-refractivity contribution in [2.24, 2.45) is 0 Å². The molecule has 9 atom stereocenters. The molecule has 1 aliphatic rings. The Morgan fingerprint density at radius 2 is 1.11 bits per heavy atom. The summed E-state index contributed by atoms with van der Waals surface area (Å²) in [6.45, 7) is 0.652. The van der Waals surface area contributed by atoms with E-state index < -0.39 is 74.3 Å². The first kappa shape index (κ1) is 49.6. The molecule has 53 heavy (non-hydrogen) atoms. The van der Waals surface area contributed by atoms with Gasteiger partial charge in [-0.2, -0.15) is 0 Å². The van der Waals surface area contributed by atoms with E-state index in [-0.39, 0.29) is 25.3 Å². The fourth-order valence-electron chi connectivity index (χ4n) is 6.80. The minimum Gasteiger partial charge on any atom is -0.481 e. The third-order valence-electron chi connectivity index (χ3n) is 10.3. The van der Waals surface area contributed by atoms with Gasteiger partial charge in [0.1, 0.15) is 48.8 Å². The summed E-state index contributed by atoms with van der Waals surface area (Å²) in [5, 5.41) is 91.3. The fraction of sp³-hybridized carbons (Fsp3) is 0.949. The largest absolute Gasteiger partial charge is 0.481 e. The van der Waals surface area contributed by atoms with Crippen LogP contribution in [0.3, 0.4) is 0 Å². The van der Waals surface area contributed by atoms with Gasteiger partial charge in [0.15, 0.2) is 6.29 Å². The number of carboxylic acids is 1. The van der Waals surface area contributed by atoms with Crippen molar-refractivity contribution in [1.29, 1.82) is 0 Å². The van der Waals surface area contributed by atoms with Crippen LogP contribution in [0, 0.1) is 0 Å². The van der Waals surface area contributed by atoms with E-state index in [9.17, 15) is 50.4 Å². The Balaban J connectivity index is 2.71. The van der Waals surface area contributed by atoms with E-state index in [1.165, 1.54) is 62.7 Å². The lowest BCUT2D eigenvalue weighted by Gasteiger charge is -2.42. The van der Waals surface area contributed by atoms with Crippen molar-refractivity contribution in [3.05, 3.63) is 0 Å². The van der Waals surface area contributed by atoms with E-state index in [1.807, 2.05) is 0 Å². The van der Waals surface area contributed by atoms with Crippen LogP contribution in [0.25, 0.3) is 0 Å². The smallest absolute Gasteiger partial charge is 0.303 e. The Bertz CT molecular complexity index is 913. The van der Waals surface area contributed by atoms with Gasteiger partial charge in [-0.25, -0.2) is 0 Å². The van der Waals surface area contributed by atoms with Gasteiger partial charge in [0.05, 0.1) is 13.2 Å². The van der Waals surface area contributed by atoms with Crippen molar-refractivity contribution in [3.63, 3.8) is 0 Å². The summed E-state index contributed by atoms with van der Waals surface area (Å²) in [6, 6.07) is 0. The van der Waals surface area contributed by atoms with Crippen LogP contribution in [0.4, 0.5) is 0 Å². The highest BCUT2D eigenvalue weighted by atomic mass is 16.7. The number of ether oxygens (including phenoxy) is 2. The molecule has 0 unspecified atom stereocenters. The Morgan fingerprint density at radius 3 is 1.58 bits per heavy atom. The van der Waals surface area contributed by atoms with Crippen molar-refractivity contribution in [3.8, 4) is 0 Å². The summed E-state index contributed by atoms with van der Waals surface area (Å²) in [4.78, 5) is 25.6. The predicted octanol–water partition coefficient (Wildman–Crippen LogP) is 3.15. The third-order valence-corrected chi connectivity index (χ3v) is 10.3. The van der Waals surface area contributed by atoms with Crippen LogP contribution in [0.5, 0.6) is 0 Å². The van der Waals surface area contributed by atoms with Crippen molar-refractivity contribution in [2.75, 3.05) is 26.3 Å². The number of hydrogen-bond donors (Lipinski definition) is 9. The molecule has 0 radical (unpaired) electrons. The highest BCUT2D eigenvalue weighted by Crippen LogP contribution is 2.25. The van der Waals surface area contributed by atoms with Gasteiger partial charge in [-0.3, -0.25) is 9.59 Å². The predicted molar refractivity (Wildman–Crippen MR) is 200 cm³/mol. The molecule has 14 heteroatoms. The number of carbonyl (C=O) groups excluding carboxylic acids is 1. The second-order valence-electron chi connectivity index (χ2n) is 14.9. The Morgan fingerprint density at radius 1 is 0.642 bits per heavy atom. The maximum Gasteiger partial charge on any atom is 0.303 e. The zero-order valence-electron chi connectivity index (χ0n) is 32.4. The minimum atomic E-state index is -1.86. The number of aliphatic hydroxyl groups is 8. The van der Waals surface area contributed by atoms with Gasteiger partial charge in [-0.1, -0.05) is 122 Å². The first-order chi connectivity index (χ1) is 25.5. The minimum absolute atomic E-state index is 0.174. The molecular weight excluding hydrogens is 690 g/mol. The third kappa shape index (κ3) is 21.4. The molecule has 1 rings (SSSR count). The molecule has 9 N–H and O–H groups in total. The van der Waals surface area contributed by atoms with E-state index in [2.05, 4.69) is 6.92 Å². The lowest BCUT2D eigenvalue weighted by molar-refractivity contribution is -0.327. The Labute approximate surface area is 317 Å². The molecule has 0 bridgehead atoms. The highest BCUT2D eigenvalue weighted by Gasteiger charge is 2.47. The molecular formula is C39H75NO13. The Hall–Kier alpha value is -1.46. The quantitative estimate of drug-likeness (QED) is 0.0429. The number of amides is 1. The SMILES string of the molecule is CCCCCCCCCCCCCCCC(=O)N(CCCCCCCCCCC(=O)O)C[C@H](O)[C@@H](O)[C@H](O[C@@H]1O[C@H](CO)[C@H](O)[C@H](O)[C@H]1O)[C@H](O)CO. The molecule has 0 aliphatic carbocycles. The monoisotopic (exact) mass is 766 g/mol. The zero-order valence-corrected chi connectivity index (χ0v) is 32.4. The van der Waals surface area contributed by atoms with Gasteiger partial charge in [0, 0.05) is 25.9 Å². The molecule has 14 nitrogen and oxygen atoms in total. The first-order valence-corrected chi connectivity index (χ1v) is 20.6. The lowest BCUT2D eigenvalue weighted by atomic mass is 9.98. The number of unbranched alkanes of at least 4 members (excludes halogenated alkanes) is 19. The lowest BCUT2D eigenvalue weighted by Crippen LogP contribution is -2.61. The molecule has 0 aromatic rings. The topological polar surface area (TPSA) is 238 Å². The van der Waals surface area contributed by atoms with E-state index in [4.69, 9.17) is 14.6 Å².